The van der Waals surface area contributed by atoms with E-state index in [0.717, 1.165) is 49.1 Å². The van der Waals surface area contributed by atoms with Crippen LogP contribution in [-0.4, -0.2) is 34.1 Å². The van der Waals surface area contributed by atoms with Gasteiger partial charge in [0, 0.05) is 24.9 Å². The second-order valence-corrected chi connectivity index (χ2v) is 6.51. The number of aliphatic carboxylic acids is 1. The fourth-order valence-corrected chi connectivity index (χ4v) is 3.32. The lowest BCUT2D eigenvalue weighted by molar-refractivity contribution is -0.137. The van der Waals surface area contributed by atoms with E-state index in [9.17, 15) is 4.79 Å². The van der Waals surface area contributed by atoms with E-state index in [1.54, 1.807) is 6.33 Å². The van der Waals surface area contributed by atoms with Crippen LogP contribution in [0.2, 0.25) is 0 Å². The first kappa shape index (κ1) is 15.7. The minimum absolute atomic E-state index is 0.277. The molecule has 0 amide bonds. The van der Waals surface area contributed by atoms with Crippen LogP contribution < -0.4 is 4.90 Å². The first-order chi connectivity index (χ1) is 11.0. The molecule has 0 unspecified atom stereocenters. The van der Waals surface area contributed by atoms with Crippen molar-refractivity contribution in [2.45, 2.75) is 39.5 Å². The van der Waals surface area contributed by atoms with Gasteiger partial charge in [-0.2, -0.15) is 0 Å². The largest absolute Gasteiger partial charge is 0.481 e. The molecule has 0 bridgehead atoms. The molecule has 3 rings (SSSR count). The Morgan fingerprint density at radius 2 is 1.91 bits per heavy atom. The molecule has 1 aliphatic rings. The molecular formula is C18H23N3O2. The second kappa shape index (κ2) is 6.52. The summed E-state index contributed by atoms with van der Waals surface area (Å²) in [6.45, 7) is 6.08. The van der Waals surface area contributed by atoms with Gasteiger partial charge in [0.2, 0.25) is 0 Å². The molecule has 1 saturated heterocycles. The van der Waals surface area contributed by atoms with E-state index in [4.69, 9.17) is 5.11 Å². The molecule has 23 heavy (non-hydrogen) atoms. The second-order valence-electron chi connectivity index (χ2n) is 6.51. The Bertz CT molecular complexity index is 722. The van der Waals surface area contributed by atoms with Gasteiger partial charge < -0.3 is 10.0 Å². The van der Waals surface area contributed by atoms with Crippen LogP contribution in [0.3, 0.4) is 0 Å². The highest BCUT2D eigenvalue weighted by Gasteiger charge is 2.22. The number of benzene rings is 1. The predicted molar refractivity (Wildman–Crippen MR) is 90.8 cm³/mol. The molecule has 0 aliphatic carbocycles. The molecule has 2 heterocycles. The number of hydrogen-bond donors (Lipinski definition) is 1. The van der Waals surface area contributed by atoms with Gasteiger partial charge in [-0.05, 0) is 62.3 Å². The minimum Gasteiger partial charge on any atom is -0.481 e. The number of piperidine rings is 1. The lowest BCUT2D eigenvalue weighted by atomic mass is 9.92. The summed E-state index contributed by atoms with van der Waals surface area (Å²) in [6, 6.07) is 4.30. The molecule has 0 saturated carbocycles. The predicted octanol–water partition coefficient (Wildman–Crippen LogP) is 3.33. The molecule has 1 aliphatic heterocycles. The van der Waals surface area contributed by atoms with E-state index in [1.807, 2.05) is 0 Å². The SMILES string of the molecule is Cc1cc2ncnc(N3CCC(CCC(=O)O)CC3)c2cc1C. The summed E-state index contributed by atoms with van der Waals surface area (Å²) in [5, 5.41) is 9.92. The number of aryl methyl sites for hydroxylation is 2. The van der Waals surface area contributed by atoms with Gasteiger partial charge in [-0.1, -0.05) is 0 Å². The van der Waals surface area contributed by atoms with Crippen molar-refractivity contribution in [1.29, 1.82) is 0 Å². The van der Waals surface area contributed by atoms with Gasteiger partial charge in [0.25, 0.3) is 0 Å². The Kier molecular flexibility index (Phi) is 4.46. The van der Waals surface area contributed by atoms with Crippen molar-refractivity contribution in [1.82, 2.24) is 9.97 Å². The molecule has 0 atom stereocenters. The Hall–Kier alpha value is -2.17. The van der Waals surface area contributed by atoms with Crippen LogP contribution in [0.4, 0.5) is 5.82 Å². The summed E-state index contributed by atoms with van der Waals surface area (Å²) >= 11 is 0. The number of anilines is 1. The highest BCUT2D eigenvalue weighted by molar-refractivity contribution is 5.90. The average molecular weight is 313 g/mol. The van der Waals surface area contributed by atoms with E-state index in [0.29, 0.717) is 5.92 Å². The van der Waals surface area contributed by atoms with E-state index in [2.05, 4.69) is 40.8 Å². The number of nitrogens with zero attached hydrogens (tertiary/aromatic N) is 3. The van der Waals surface area contributed by atoms with Crippen LogP contribution in [-0.2, 0) is 4.79 Å². The Morgan fingerprint density at radius 3 is 2.61 bits per heavy atom. The Labute approximate surface area is 136 Å². The molecule has 1 aromatic carbocycles. The van der Waals surface area contributed by atoms with Crippen molar-refractivity contribution < 1.29 is 9.90 Å². The van der Waals surface area contributed by atoms with Crippen LogP contribution in [0.25, 0.3) is 10.9 Å². The maximum Gasteiger partial charge on any atom is 0.303 e. The minimum atomic E-state index is -0.694. The normalized spacial score (nSPS) is 16.0. The summed E-state index contributed by atoms with van der Waals surface area (Å²) in [4.78, 5) is 21.9. The summed E-state index contributed by atoms with van der Waals surface area (Å²) in [5.74, 6) is 0.828. The smallest absolute Gasteiger partial charge is 0.303 e. The lowest BCUT2D eigenvalue weighted by Gasteiger charge is -2.33. The topological polar surface area (TPSA) is 66.3 Å². The van der Waals surface area contributed by atoms with Crippen LogP contribution in [0.1, 0.15) is 36.8 Å². The number of carboxylic acid groups (broad SMARTS) is 1. The summed E-state index contributed by atoms with van der Waals surface area (Å²) in [7, 11) is 0. The van der Waals surface area contributed by atoms with Gasteiger partial charge in [0.05, 0.1) is 5.52 Å². The number of carboxylic acids is 1. The van der Waals surface area contributed by atoms with Gasteiger partial charge in [-0.15, -0.1) is 0 Å². The summed E-state index contributed by atoms with van der Waals surface area (Å²) in [6.07, 6.45) is 4.77. The molecule has 122 valence electrons. The Morgan fingerprint density at radius 1 is 1.22 bits per heavy atom. The number of rotatable bonds is 4. The maximum atomic E-state index is 10.7. The average Bonchev–Trinajstić information content (AvgIpc) is 2.54. The first-order valence-corrected chi connectivity index (χ1v) is 8.23. The zero-order chi connectivity index (χ0) is 16.4. The summed E-state index contributed by atoms with van der Waals surface area (Å²) in [5.41, 5.74) is 3.49. The summed E-state index contributed by atoms with van der Waals surface area (Å²) < 4.78 is 0. The van der Waals surface area contributed by atoms with Gasteiger partial charge >= 0.3 is 5.97 Å². The maximum absolute atomic E-state index is 10.7. The molecule has 1 aromatic heterocycles. The highest BCUT2D eigenvalue weighted by atomic mass is 16.4. The monoisotopic (exact) mass is 313 g/mol. The van der Waals surface area contributed by atoms with Crippen LogP contribution in [0, 0.1) is 19.8 Å². The molecule has 5 nitrogen and oxygen atoms in total. The first-order valence-electron chi connectivity index (χ1n) is 8.23. The van der Waals surface area contributed by atoms with E-state index in [-0.39, 0.29) is 6.42 Å². The third-order valence-electron chi connectivity index (χ3n) is 4.91. The third kappa shape index (κ3) is 3.44. The van der Waals surface area contributed by atoms with Crippen molar-refractivity contribution in [3.63, 3.8) is 0 Å². The number of fused-ring (bicyclic) bond motifs is 1. The van der Waals surface area contributed by atoms with Crippen molar-refractivity contribution in [2.24, 2.45) is 5.92 Å². The zero-order valence-corrected chi connectivity index (χ0v) is 13.7. The standard InChI is InChI=1S/C18H23N3O2/c1-12-9-15-16(10-13(12)2)19-11-20-18(15)21-7-5-14(6-8-21)3-4-17(22)23/h9-11,14H,3-8H2,1-2H3,(H,22,23). The van der Waals surface area contributed by atoms with Gasteiger partial charge in [0.15, 0.2) is 0 Å². The van der Waals surface area contributed by atoms with Crippen LogP contribution >= 0.6 is 0 Å². The molecule has 1 N–H and O–H groups in total. The van der Waals surface area contributed by atoms with E-state index < -0.39 is 5.97 Å². The molecule has 5 heteroatoms. The van der Waals surface area contributed by atoms with E-state index >= 15 is 0 Å². The van der Waals surface area contributed by atoms with Gasteiger partial charge in [-0.3, -0.25) is 4.79 Å². The van der Waals surface area contributed by atoms with E-state index in [1.165, 1.54) is 11.1 Å². The fraction of sp³-hybridized carbons (Fsp3) is 0.500. The lowest BCUT2D eigenvalue weighted by Crippen LogP contribution is -2.34. The number of hydrogen-bond acceptors (Lipinski definition) is 4. The number of carbonyl (C=O) groups is 1. The van der Waals surface area contributed by atoms with Crippen molar-refractivity contribution in [3.05, 3.63) is 29.6 Å². The Balaban J connectivity index is 1.77. The molecule has 2 aromatic rings. The molecule has 0 radical (unpaired) electrons. The zero-order valence-electron chi connectivity index (χ0n) is 13.7. The van der Waals surface area contributed by atoms with Crippen molar-refractivity contribution >= 4 is 22.7 Å². The van der Waals surface area contributed by atoms with Crippen molar-refractivity contribution in [2.75, 3.05) is 18.0 Å². The third-order valence-corrected chi connectivity index (χ3v) is 4.91. The molecule has 0 spiro atoms. The van der Waals surface area contributed by atoms with Gasteiger partial charge in [0.1, 0.15) is 12.1 Å². The molecule has 1 fully saturated rings. The highest BCUT2D eigenvalue weighted by Crippen LogP contribution is 2.30. The van der Waals surface area contributed by atoms with Crippen LogP contribution in [0.5, 0.6) is 0 Å². The quantitative estimate of drug-likeness (QED) is 0.938. The van der Waals surface area contributed by atoms with Crippen molar-refractivity contribution in [3.8, 4) is 0 Å². The number of aromatic nitrogens is 2. The van der Waals surface area contributed by atoms with Crippen LogP contribution in [0.15, 0.2) is 18.5 Å². The van der Waals surface area contributed by atoms with Gasteiger partial charge in [-0.25, -0.2) is 9.97 Å². The fourth-order valence-electron chi connectivity index (χ4n) is 3.32. The molecular weight excluding hydrogens is 290 g/mol.